The number of amides is 1. The normalized spacial score (nSPS) is 15.5. The van der Waals surface area contributed by atoms with Gasteiger partial charge in [-0.15, -0.1) is 0 Å². The molecule has 6 nitrogen and oxygen atoms in total. The topological polar surface area (TPSA) is 66.0 Å². The Labute approximate surface area is 214 Å². The van der Waals surface area contributed by atoms with Crippen LogP contribution in [0.25, 0.3) is 11.1 Å². The molecule has 3 aromatic rings. The Balaban J connectivity index is 1.09. The number of rotatable bonds is 6. The maximum Gasteiger partial charge on any atom is 0.407 e. The van der Waals surface area contributed by atoms with Crippen LogP contribution in [-0.2, 0) is 4.74 Å². The zero-order chi connectivity index (χ0) is 24.2. The quantitative estimate of drug-likeness (QED) is 0.450. The first-order valence-corrected chi connectivity index (χ1v) is 13.0. The minimum atomic E-state index is -0.396. The number of benzene rings is 3. The Hall–Kier alpha value is -3.16. The van der Waals surface area contributed by atoms with Crippen molar-refractivity contribution in [3.63, 3.8) is 0 Å². The molecule has 1 aliphatic heterocycles. The highest BCUT2D eigenvalue weighted by molar-refractivity contribution is 8.13. The molecule has 35 heavy (non-hydrogen) atoms. The number of hydrogen-bond donors (Lipinski definition) is 2. The van der Waals surface area contributed by atoms with Gasteiger partial charge in [-0.2, -0.15) is 0 Å². The molecule has 0 spiro atoms. The minimum absolute atomic E-state index is 0.0576. The molecule has 3 aromatic carbocycles. The molecule has 2 N–H and O–H groups in total. The van der Waals surface area contributed by atoms with E-state index in [-0.39, 0.29) is 12.0 Å². The molecule has 0 bridgehead atoms. The van der Waals surface area contributed by atoms with Crippen LogP contribution in [0.3, 0.4) is 0 Å². The number of halogens is 1. The Bertz CT molecular complexity index is 1190. The van der Waals surface area contributed by atoms with Crippen LogP contribution in [0.4, 0.5) is 10.5 Å². The largest absolute Gasteiger partial charge is 0.449 e. The number of hydrogen-bond acceptors (Lipinski definition) is 6. The summed E-state index contributed by atoms with van der Waals surface area (Å²) in [5, 5.41) is 7.87. The second-order valence-electron chi connectivity index (χ2n) is 8.64. The van der Waals surface area contributed by atoms with Gasteiger partial charge in [-0.05, 0) is 53.4 Å². The van der Waals surface area contributed by atoms with Crippen molar-refractivity contribution in [3.8, 4) is 11.1 Å². The molecule has 0 saturated heterocycles. The summed E-state index contributed by atoms with van der Waals surface area (Å²) in [5.74, 6) is 0.749. The Morgan fingerprint density at radius 2 is 1.77 bits per heavy atom. The molecule has 1 amide bonds. The molecule has 180 valence electrons. The van der Waals surface area contributed by atoms with Gasteiger partial charge in [-0.25, -0.2) is 9.79 Å². The van der Waals surface area contributed by atoms with Crippen molar-refractivity contribution in [1.29, 1.82) is 0 Å². The van der Waals surface area contributed by atoms with Crippen LogP contribution in [0, 0.1) is 0 Å². The molecule has 0 unspecified atom stereocenters. The van der Waals surface area contributed by atoms with E-state index >= 15 is 0 Å². The van der Waals surface area contributed by atoms with E-state index in [0.29, 0.717) is 25.7 Å². The van der Waals surface area contributed by atoms with Gasteiger partial charge >= 0.3 is 6.09 Å². The van der Waals surface area contributed by atoms with E-state index in [0.717, 1.165) is 15.9 Å². The van der Waals surface area contributed by atoms with Crippen LogP contribution in [0.2, 0.25) is 5.02 Å². The molecule has 1 atom stereocenters. The predicted molar refractivity (Wildman–Crippen MR) is 144 cm³/mol. The van der Waals surface area contributed by atoms with Crippen molar-refractivity contribution in [2.45, 2.75) is 18.9 Å². The number of anilines is 1. The first kappa shape index (κ1) is 23.6. The molecule has 0 saturated carbocycles. The van der Waals surface area contributed by atoms with E-state index in [1.807, 2.05) is 55.5 Å². The number of carbonyl (C=O) groups excluding carboxylic acids is 1. The summed E-state index contributed by atoms with van der Waals surface area (Å²) in [7, 11) is 0. The number of amidine groups is 1. The smallest absolute Gasteiger partial charge is 0.407 e. The van der Waals surface area contributed by atoms with E-state index in [2.05, 4.69) is 44.8 Å². The lowest BCUT2D eigenvalue weighted by Crippen LogP contribution is -2.42. The van der Waals surface area contributed by atoms with Crippen LogP contribution in [0.1, 0.15) is 24.0 Å². The van der Waals surface area contributed by atoms with Crippen LogP contribution in [-0.4, -0.2) is 43.0 Å². The third kappa shape index (κ3) is 5.41. The average Bonchev–Trinajstić information content (AvgIpc) is 3.21. The van der Waals surface area contributed by atoms with Crippen molar-refractivity contribution in [2.75, 3.05) is 30.6 Å². The minimum Gasteiger partial charge on any atom is -0.449 e. The fraction of sp³-hybridized carbons (Fsp3) is 0.259. The lowest BCUT2D eigenvalue weighted by atomic mass is 9.98. The number of ether oxygens (including phenoxy) is 1. The van der Waals surface area contributed by atoms with Gasteiger partial charge in [0, 0.05) is 28.4 Å². The summed E-state index contributed by atoms with van der Waals surface area (Å²) in [6, 6.07) is 24.3. The summed E-state index contributed by atoms with van der Waals surface area (Å²) in [5.41, 5.74) is 5.92. The highest BCUT2D eigenvalue weighted by Crippen LogP contribution is 2.44. The second kappa shape index (κ2) is 10.6. The molecule has 0 radical (unpaired) electrons. The lowest BCUT2D eigenvalue weighted by molar-refractivity contribution is 0.140. The van der Waals surface area contributed by atoms with E-state index in [1.165, 1.54) is 22.3 Å². The molecule has 2 aliphatic rings. The number of nitrogens with one attached hydrogen (secondary N) is 2. The van der Waals surface area contributed by atoms with Crippen LogP contribution in [0.15, 0.2) is 77.8 Å². The van der Waals surface area contributed by atoms with Crippen molar-refractivity contribution in [3.05, 3.63) is 88.9 Å². The highest BCUT2D eigenvalue weighted by Gasteiger charge is 2.29. The third-order valence-electron chi connectivity index (χ3n) is 6.18. The van der Waals surface area contributed by atoms with Crippen molar-refractivity contribution in [2.24, 2.45) is 4.99 Å². The first-order valence-electron chi connectivity index (χ1n) is 11.6. The monoisotopic (exact) mass is 506 g/mol. The number of carbonyl (C=O) groups is 1. The van der Waals surface area contributed by atoms with Crippen LogP contribution < -0.4 is 15.5 Å². The maximum absolute atomic E-state index is 12.5. The van der Waals surface area contributed by atoms with E-state index in [1.54, 1.807) is 11.8 Å². The first-order chi connectivity index (χ1) is 17.1. The van der Waals surface area contributed by atoms with E-state index in [4.69, 9.17) is 16.3 Å². The van der Waals surface area contributed by atoms with Gasteiger partial charge in [0.1, 0.15) is 13.3 Å². The van der Waals surface area contributed by atoms with E-state index < -0.39 is 6.09 Å². The molecular weight excluding hydrogens is 480 g/mol. The number of nitrogens with zero attached hydrogens (tertiary/aromatic N) is 2. The molecule has 0 aromatic heterocycles. The average molecular weight is 507 g/mol. The Morgan fingerprint density at radius 1 is 1.11 bits per heavy atom. The SMILES string of the molecule is C[C@@H](CSC1=NCN(c2ccc(Cl)cc2)CN1)NC(=O)OCC1c2ccccc2-c2ccccc21. The second-order valence-corrected chi connectivity index (χ2v) is 10.1. The number of fused-ring (bicyclic) bond motifs is 3. The molecular formula is C27H27ClN4O2S. The Morgan fingerprint density at radius 3 is 2.40 bits per heavy atom. The van der Waals surface area contributed by atoms with Crippen LogP contribution >= 0.6 is 23.4 Å². The van der Waals surface area contributed by atoms with Gasteiger partial charge in [-0.1, -0.05) is 71.9 Å². The highest BCUT2D eigenvalue weighted by atomic mass is 35.5. The fourth-order valence-electron chi connectivity index (χ4n) is 4.43. The van der Waals surface area contributed by atoms with Gasteiger partial charge in [0.05, 0.1) is 6.67 Å². The summed E-state index contributed by atoms with van der Waals surface area (Å²) in [4.78, 5) is 19.2. The van der Waals surface area contributed by atoms with Gasteiger partial charge in [0.2, 0.25) is 0 Å². The van der Waals surface area contributed by atoms with E-state index in [9.17, 15) is 4.79 Å². The number of thioether (sulfide) groups is 1. The molecule has 0 fully saturated rings. The summed E-state index contributed by atoms with van der Waals surface area (Å²) < 4.78 is 5.65. The summed E-state index contributed by atoms with van der Waals surface area (Å²) in [6.45, 7) is 3.53. The number of alkyl carbamates (subject to hydrolysis) is 1. The predicted octanol–water partition coefficient (Wildman–Crippen LogP) is 5.68. The fourth-order valence-corrected chi connectivity index (χ4v) is 5.36. The lowest BCUT2D eigenvalue weighted by Gasteiger charge is -2.28. The zero-order valence-electron chi connectivity index (χ0n) is 19.4. The van der Waals surface area contributed by atoms with Gasteiger partial charge < -0.3 is 20.3 Å². The molecule has 8 heteroatoms. The molecule has 1 heterocycles. The van der Waals surface area contributed by atoms with Crippen LogP contribution in [0.5, 0.6) is 0 Å². The standard InChI is InChI=1S/C27H27ClN4O2S/c1-18(15-35-26-29-16-32(17-30-26)20-12-10-19(28)11-13-20)31-27(33)34-14-25-23-8-4-2-6-21(23)22-7-3-5-9-24(22)25/h2-13,18,25H,14-17H2,1H3,(H,29,30)(H,31,33)/t18-/m0/s1. The zero-order valence-corrected chi connectivity index (χ0v) is 21.0. The van der Waals surface area contributed by atoms with Gasteiger partial charge in [0.15, 0.2) is 5.17 Å². The van der Waals surface area contributed by atoms with Crippen molar-refractivity contribution in [1.82, 2.24) is 10.6 Å². The summed E-state index contributed by atoms with van der Waals surface area (Å²) >= 11 is 7.56. The van der Waals surface area contributed by atoms with Gasteiger partial charge in [-0.3, -0.25) is 0 Å². The van der Waals surface area contributed by atoms with Crippen molar-refractivity contribution < 1.29 is 9.53 Å². The molecule has 1 aliphatic carbocycles. The third-order valence-corrected chi connectivity index (χ3v) is 7.64. The van der Waals surface area contributed by atoms with Gasteiger partial charge in [0.25, 0.3) is 0 Å². The summed E-state index contributed by atoms with van der Waals surface area (Å²) in [6.07, 6.45) is -0.396. The Kier molecular flexibility index (Phi) is 7.16. The number of aliphatic imine (C=N–C) groups is 1. The molecule has 5 rings (SSSR count). The van der Waals surface area contributed by atoms with Crippen molar-refractivity contribution >= 4 is 40.3 Å². The maximum atomic E-state index is 12.5.